The fourth-order valence-electron chi connectivity index (χ4n) is 11.3. The molecule has 6 nitrogen and oxygen atoms in total. The Balaban J connectivity index is 1.55. The summed E-state index contributed by atoms with van der Waals surface area (Å²) in [5.41, 5.74) is 0.569. The summed E-state index contributed by atoms with van der Waals surface area (Å²) in [5.74, 6) is 0.968. The smallest absolute Gasteiger partial charge is 0.251 e. The lowest BCUT2D eigenvalue weighted by molar-refractivity contribution is -0.193. The van der Waals surface area contributed by atoms with E-state index in [2.05, 4.69) is 59.9 Å². The van der Waals surface area contributed by atoms with Crippen LogP contribution in [0.5, 0.6) is 0 Å². The van der Waals surface area contributed by atoms with Crippen LogP contribution in [0.2, 0.25) is 0 Å². The van der Waals surface area contributed by atoms with Crippen LogP contribution in [0.25, 0.3) is 0 Å². The van der Waals surface area contributed by atoms with E-state index in [-0.39, 0.29) is 56.8 Å². The van der Waals surface area contributed by atoms with E-state index in [9.17, 15) is 14.4 Å². The third-order valence-electron chi connectivity index (χ3n) is 14.1. The van der Waals surface area contributed by atoms with E-state index in [4.69, 9.17) is 4.84 Å². The van der Waals surface area contributed by atoms with Crippen molar-refractivity contribution < 1.29 is 19.2 Å². The zero-order valence-corrected chi connectivity index (χ0v) is 26.8. The molecular formula is C34H54N2O4. The summed E-state index contributed by atoms with van der Waals surface area (Å²) in [7, 11) is 3.26. The van der Waals surface area contributed by atoms with Crippen molar-refractivity contribution in [3.63, 3.8) is 0 Å². The Kier molecular flexibility index (Phi) is 6.82. The Labute approximate surface area is 242 Å². The largest absolute Gasteiger partial charge is 0.353 e. The Morgan fingerprint density at radius 1 is 0.950 bits per heavy atom. The molecule has 4 saturated carbocycles. The highest BCUT2D eigenvalue weighted by Crippen LogP contribution is 2.75. The van der Waals surface area contributed by atoms with E-state index in [1.165, 1.54) is 10.6 Å². The summed E-state index contributed by atoms with van der Waals surface area (Å²) < 4.78 is 0. The van der Waals surface area contributed by atoms with Gasteiger partial charge in [0.1, 0.15) is 0 Å². The molecule has 224 valence electrons. The summed E-state index contributed by atoms with van der Waals surface area (Å²) in [6, 6.07) is 0.144. The molecule has 1 unspecified atom stereocenters. The summed E-state index contributed by atoms with van der Waals surface area (Å²) in [6.45, 7) is 18.1. The summed E-state index contributed by atoms with van der Waals surface area (Å²) >= 11 is 0. The van der Waals surface area contributed by atoms with Gasteiger partial charge in [-0.3, -0.25) is 19.2 Å². The van der Waals surface area contributed by atoms with E-state index in [1.54, 1.807) is 21.1 Å². The summed E-state index contributed by atoms with van der Waals surface area (Å²) in [6.07, 6.45) is 11.0. The molecule has 40 heavy (non-hydrogen) atoms. The van der Waals surface area contributed by atoms with Gasteiger partial charge in [0.2, 0.25) is 5.91 Å². The molecule has 0 saturated heterocycles. The lowest BCUT2D eigenvalue weighted by Crippen LogP contribution is -2.67. The van der Waals surface area contributed by atoms with Crippen LogP contribution in [0.15, 0.2) is 11.6 Å². The second-order valence-corrected chi connectivity index (χ2v) is 16.4. The lowest BCUT2D eigenvalue weighted by atomic mass is 9.33. The monoisotopic (exact) mass is 554 g/mol. The average Bonchev–Trinajstić information content (AvgIpc) is 2.87. The molecule has 4 fully saturated rings. The maximum atomic E-state index is 14.5. The molecule has 0 aromatic rings. The molecular weight excluding hydrogens is 500 g/mol. The molecule has 2 amide bonds. The summed E-state index contributed by atoms with van der Waals surface area (Å²) in [4.78, 5) is 45.4. The maximum Gasteiger partial charge on any atom is 0.251 e. The molecule has 5 aliphatic carbocycles. The standard InChI is InChI=1S/C34H54N2O4/c1-21(37)35-26-12-13-32(6)25(29(26,2)3)11-14-34(8)27(32)24(38)19-22-23-20-31(5,28(39)36(9)40-10)16-15-30(23,4)17-18-33(22,34)7/h19,23,25-27H,11-18,20H2,1-10H3,(H,35,37)/t23-,25?,26-,27-,30-,31+,32+,33-,34-/m1/s1. The minimum absolute atomic E-state index is 0.0226. The van der Waals surface area contributed by atoms with Crippen LogP contribution < -0.4 is 5.32 Å². The van der Waals surface area contributed by atoms with Crippen LogP contribution in [-0.4, -0.2) is 42.9 Å². The number of nitrogens with one attached hydrogen (secondary N) is 1. The molecule has 1 N–H and O–H groups in total. The molecule has 5 rings (SSSR count). The molecule has 0 spiro atoms. The van der Waals surface area contributed by atoms with Gasteiger partial charge in [0.05, 0.1) is 7.11 Å². The molecule has 5 aliphatic rings. The molecule has 0 heterocycles. The average molecular weight is 555 g/mol. The zero-order chi connectivity index (χ0) is 29.7. The number of rotatable bonds is 3. The Hall–Kier alpha value is -1.69. The van der Waals surface area contributed by atoms with E-state index in [0.29, 0.717) is 11.7 Å². The highest BCUT2D eigenvalue weighted by atomic mass is 16.7. The Morgan fingerprint density at radius 3 is 2.23 bits per heavy atom. The van der Waals surface area contributed by atoms with Gasteiger partial charge in [-0.2, -0.15) is 0 Å². The van der Waals surface area contributed by atoms with Gasteiger partial charge in [-0.1, -0.05) is 54.0 Å². The van der Waals surface area contributed by atoms with Crippen LogP contribution in [0.3, 0.4) is 0 Å². The zero-order valence-electron chi connectivity index (χ0n) is 26.8. The number of ketones is 1. The molecule has 0 aromatic heterocycles. The predicted octanol–water partition coefficient (Wildman–Crippen LogP) is 6.49. The van der Waals surface area contributed by atoms with E-state index >= 15 is 0 Å². The van der Waals surface area contributed by atoms with Crippen LogP contribution in [0.4, 0.5) is 0 Å². The molecule has 9 atom stereocenters. The number of hydroxylamine groups is 2. The van der Waals surface area contributed by atoms with Crippen molar-refractivity contribution >= 4 is 17.6 Å². The Morgan fingerprint density at radius 2 is 1.60 bits per heavy atom. The first kappa shape index (κ1) is 29.8. The second kappa shape index (κ2) is 9.15. The quantitative estimate of drug-likeness (QED) is 0.405. The van der Waals surface area contributed by atoms with Crippen molar-refractivity contribution in [2.45, 2.75) is 119 Å². The van der Waals surface area contributed by atoms with Crippen LogP contribution >= 0.6 is 0 Å². The topological polar surface area (TPSA) is 75.7 Å². The number of carbonyl (C=O) groups is 3. The van der Waals surface area contributed by atoms with Crippen molar-refractivity contribution in [1.82, 2.24) is 10.4 Å². The number of carbonyl (C=O) groups excluding carboxylic acids is 3. The fourth-order valence-corrected chi connectivity index (χ4v) is 11.3. The minimum atomic E-state index is -0.495. The van der Waals surface area contributed by atoms with Crippen molar-refractivity contribution in [2.75, 3.05) is 14.2 Å². The van der Waals surface area contributed by atoms with E-state index in [0.717, 1.165) is 57.8 Å². The number of nitrogens with zero attached hydrogens (tertiary/aromatic N) is 1. The third-order valence-corrected chi connectivity index (χ3v) is 14.1. The number of hydrogen-bond donors (Lipinski definition) is 1. The molecule has 0 bridgehead atoms. The minimum Gasteiger partial charge on any atom is -0.353 e. The van der Waals surface area contributed by atoms with E-state index < -0.39 is 5.41 Å². The maximum absolute atomic E-state index is 14.5. The Bertz CT molecular complexity index is 1140. The number of hydrogen-bond acceptors (Lipinski definition) is 4. The first-order valence-electron chi connectivity index (χ1n) is 15.7. The van der Waals surface area contributed by atoms with E-state index in [1.807, 2.05) is 0 Å². The lowest BCUT2D eigenvalue weighted by Gasteiger charge is -2.70. The van der Waals surface area contributed by atoms with Gasteiger partial charge >= 0.3 is 0 Å². The van der Waals surface area contributed by atoms with Gasteiger partial charge in [0, 0.05) is 31.3 Å². The molecule has 0 aliphatic heterocycles. The van der Waals surface area contributed by atoms with Crippen molar-refractivity contribution in [1.29, 1.82) is 0 Å². The normalized spacial score (nSPS) is 47.5. The van der Waals surface area contributed by atoms with Gasteiger partial charge in [0.25, 0.3) is 5.91 Å². The van der Waals surface area contributed by atoms with Gasteiger partial charge in [-0.05, 0) is 103 Å². The first-order valence-corrected chi connectivity index (χ1v) is 15.7. The SMILES string of the molecule is CON(C)C(=O)[C@@]1(C)CC[C@]2(C)CC[C@]3(C)C(=CC(=O)[C@@H]4[C@@]5(C)CC[C@@H](NC(C)=O)C(C)(C)C5CC[C@]43C)[C@H]2C1. The number of fused-ring (bicyclic) bond motifs is 7. The van der Waals surface area contributed by atoms with Crippen molar-refractivity contribution in [3.05, 3.63) is 11.6 Å². The number of amides is 2. The molecule has 0 aromatic carbocycles. The van der Waals surface area contributed by atoms with Gasteiger partial charge < -0.3 is 5.32 Å². The third kappa shape index (κ3) is 3.86. The highest BCUT2D eigenvalue weighted by Gasteiger charge is 2.70. The van der Waals surface area contributed by atoms with Gasteiger partial charge in [-0.15, -0.1) is 0 Å². The van der Waals surface area contributed by atoms with Gasteiger partial charge in [0.15, 0.2) is 5.78 Å². The summed E-state index contributed by atoms with van der Waals surface area (Å²) in [5, 5.41) is 4.65. The first-order chi connectivity index (χ1) is 18.4. The fraction of sp³-hybridized carbons (Fsp3) is 0.853. The molecule has 0 radical (unpaired) electrons. The highest BCUT2D eigenvalue weighted by molar-refractivity contribution is 5.95. The van der Waals surface area contributed by atoms with Crippen molar-refractivity contribution in [2.24, 2.45) is 50.2 Å². The van der Waals surface area contributed by atoms with Crippen LogP contribution in [-0.2, 0) is 19.2 Å². The number of allylic oxidation sites excluding steroid dienone is 2. The van der Waals surface area contributed by atoms with Crippen LogP contribution in [0.1, 0.15) is 113 Å². The van der Waals surface area contributed by atoms with Crippen LogP contribution in [0, 0.1) is 50.2 Å². The second-order valence-electron chi connectivity index (χ2n) is 16.4. The van der Waals surface area contributed by atoms with Gasteiger partial charge in [-0.25, -0.2) is 5.06 Å². The molecule has 6 heteroatoms. The predicted molar refractivity (Wildman–Crippen MR) is 157 cm³/mol. The van der Waals surface area contributed by atoms with Crippen molar-refractivity contribution in [3.8, 4) is 0 Å².